The molecule has 0 unspecified atom stereocenters. The van der Waals surface area contributed by atoms with Crippen LogP contribution in [0.2, 0.25) is 0 Å². The van der Waals surface area contributed by atoms with Gasteiger partial charge in [0.1, 0.15) is 0 Å². The number of benzene rings is 12. The number of aromatic nitrogens is 3. The normalized spacial score (nSPS) is 14.5. The molecule has 0 atom stereocenters. The SMILES string of the molecule is [2H]c1c([2H])c([2H])c2c(c1[2H])c1c([2H])c([2H])c([2H])c([2H])c1n2-c1ccc2c(c1)N(c1c(-c3ccccc3)cc(C(C)(C)C)cc1-c1cccc(C(C)(C)C)n1)c1cc(C(C)(C)C)cc3c1B2c1ccc(-n2c4ccc(C(C)(C)C)cc4c4cc(C(C)(C)C)ccc42)cc1N3c1c(-c2ccccc2)cc(C(C)(C)C)cc1-c1ccccc1. The minimum atomic E-state index is -0.525. The zero-order valence-corrected chi connectivity index (χ0v) is 65.1. The predicted octanol–water partition coefficient (Wildman–Crippen LogP) is 25.8. The van der Waals surface area contributed by atoms with Crippen molar-refractivity contribution < 1.29 is 11.0 Å². The molecule has 0 radical (unpaired) electrons. The molecule has 12 aromatic carbocycles. The number of hydrogen-bond acceptors (Lipinski definition) is 3. The van der Waals surface area contributed by atoms with Crippen molar-refractivity contribution in [2.45, 2.75) is 157 Å². The Morgan fingerprint density at radius 2 is 0.673 bits per heavy atom. The van der Waals surface area contributed by atoms with Crippen molar-refractivity contribution in [3.05, 3.63) is 300 Å². The van der Waals surface area contributed by atoms with Crippen LogP contribution in [0.1, 0.15) is 169 Å². The van der Waals surface area contributed by atoms with Crippen LogP contribution >= 0.6 is 0 Å². The van der Waals surface area contributed by atoms with Crippen molar-refractivity contribution >= 4 is 101 Å². The van der Waals surface area contributed by atoms with Crippen LogP contribution in [-0.4, -0.2) is 20.8 Å². The maximum absolute atomic E-state index is 9.94. The molecule has 0 fully saturated rings. The summed E-state index contributed by atoms with van der Waals surface area (Å²) in [5.74, 6) is 0. The molecule has 2 aliphatic rings. The molecular formula is C101H98BN5. The van der Waals surface area contributed by atoms with Crippen LogP contribution in [0.5, 0.6) is 0 Å². The fraction of sp³-hybridized carbons (Fsp3) is 0.238. The van der Waals surface area contributed by atoms with Gasteiger partial charge in [0, 0.05) is 89.0 Å². The Hall–Kier alpha value is -10.9. The van der Waals surface area contributed by atoms with Gasteiger partial charge in [0.25, 0.3) is 6.71 Å². The van der Waals surface area contributed by atoms with E-state index in [1.165, 1.54) is 27.5 Å². The lowest BCUT2D eigenvalue weighted by molar-refractivity contribution is 0.569. The fourth-order valence-corrected chi connectivity index (χ4v) is 16.4. The first kappa shape index (κ1) is 60.2. The molecule has 0 aliphatic carbocycles. The molecule has 0 saturated heterocycles. The number of fused-ring (bicyclic) bond motifs is 10. The molecule has 5 heterocycles. The smallest absolute Gasteiger partial charge is 0.252 e. The zero-order chi connectivity index (χ0) is 81.7. The number of para-hydroxylation sites is 2. The highest BCUT2D eigenvalue weighted by molar-refractivity contribution is 7.00. The summed E-state index contributed by atoms with van der Waals surface area (Å²) in [5.41, 5.74) is 25.0. The van der Waals surface area contributed by atoms with Crippen LogP contribution in [0.4, 0.5) is 34.1 Å². The summed E-state index contributed by atoms with van der Waals surface area (Å²) >= 11 is 0. The van der Waals surface area contributed by atoms with E-state index in [0.29, 0.717) is 5.69 Å². The van der Waals surface area contributed by atoms with Gasteiger partial charge in [-0.1, -0.05) is 282 Å². The summed E-state index contributed by atoms with van der Waals surface area (Å²) in [5, 5.41) is 2.38. The maximum atomic E-state index is 9.94. The molecule has 107 heavy (non-hydrogen) atoms. The summed E-state index contributed by atoms with van der Waals surface area (Å²) in [6.45, 7) is 40.4. The first-order chi connectivity index (χ1) is 54.2. The summed E-state index contributed by atoms with van der Waals surface area (Å²) in [6, 6.07) is 77.3. The molecule has 0 saturated carbocycles. The highest BCUT2D eigenvalue weighted by Gasteiger charge is 2.47. The second-order valence-corrected chi connectivity index (χ2v) is 35.9. The highest BCUT2D eigenvalue weighted by atomic mass is 15.2. The Kier molecular flexibility index (Phi) is 14.0. The molecule has 5 nitrogen and oxygen atoms in total. The monoisotopic (exact) mass is 1400 g/mol. The maximum Gasteiger partial charge on any atom is 0.252 e. The van der Waals surface area contributed by atoms with Gasteiger partial charge in [-0.3, -0.25) is 4.98 Å². The molecule has 530 valence electrons. The lowest BCUT2D eigenvalue weighted by Crippen LogP contribution is -2.61. The van der Waals surface area contributed by atoms with E-state index in [1.807, 2.05) is 6.07 Å². The van der Waals surface area contributed by atoms with Gasteiger partial charge in [-0.05, 0) is 197 Å². The van der Waals surface area contributed by atoms with E-state index in [2.05, 4.69) is 351 Å². The topological polar surface area (TPSA) is 29.2 Å². The number of hydrogen-bond donors (Lipinski definition) is 0. The van der Waals surface area contributed by atoms with E-state index in [4.69, 9.17) is 7.73 Å². The minimum absolute atomic E-state index is 0.00789. The predicted molar refractivity (Wildman–Crippen MR) is 461 cm³/mol. The Labute approximate surface area is 645 Å². The molecule has 0 N–H and O–H groups in total. The number of pyridine rings is 1. The Balaban J connectivity index is 1.10. The molecule has 3 aromatic heterocycles. The third kappa shape index (κ3) is 11.7. The molecule has 17 rings (SSSR count). The van der Waals surface area contributed by atoms with Crippen LogP contribution in [0.15, 0.2) is 267 Å². The summed E-state index contributed by atoms with van der Waals surface area (Å²) in [4.78, 5) is 10.8. The summed E-state index contributed by atoms with van der Waals surface area (Å²) < 4.78 is 80.3. The minimum Gasteiger partial charge on any atom is -0.310 e. The van der Waals surface area contributed by atoms with Crippen molar-refractivity contribution in [3.8, 4) is 56.0 Å². The fourth-order valence-electron chi connectivity index (χ4n) is 16.4. The van der Waals surface area contributed by atoms with Gasteiger partial charge >= 0.3 is 0 Å². The molecule has 0 spiro atoms. The molecule has 6 heteroatoms. The third-order valence-corrected chi connectivity index (χ3v) is 22.4. The van der Waals surface area contributed by atoms with Gasteiger partial charge < -0.3 is 18.9 Å². The molecule has 0 bridgehead atoms. The van der Waals surface area contributed by atoms with Crippen molar-refractivity contribution in [3.63, 3.8) is 0 Å². The quantitative estimate of drug-likeness (QED) is 0.142. The van der Waals surface area contributed by atoms with E-state index in [0.717, 1.165) is 129 Å². The van der Waals surface area contributed by atoms with Crippen molar-refractivity contribution in [1.29, 1.82) is 0 Å². The van der Waals surface area contributed by atoms with E-state index in [9.17, 15) is 8.22 Å². The van der Waals surface area contributed by atoms with E-state index in [1.54, 1.807) is 4.57 Å². The number of anilines is 6. The third-order valence-electron chi connectivity index (χ3n) is 22.4. The van der Waals surface area contributed by atoms with Crippen molar-refractivity contribution in [1.82, 2.24) is 14.1 Å². The average molecular weight is 1400 g/mol. The van der Waals surface area contributed by atoms with Crippen molar-refractivity contribution in [2.24, 2.45) is 0 Å². The Morgan fingerprint density at radius 1 is 0.299 bits per heavy atom. The highest BCUT2D eigenvalue weighted by Crippen LogP contribution is 2.56. The van der Waals surface area contributed by atoms with Crippen LogP contribution in [0.25, 0.3) is 99.6 Å². The number of nitrogens with zero attached hydrogens (tertiary/aromatic N) is 5. The van der Waals surface area contributed by atoms with E-state index >= 15 is 0 Å². The van der Waals surface area contributed by atoms with E-state index < -0.39 is 48.4 Å². The largest absolute Gasteiger partial charge is 0.310 e. The molecule has 2 aliphatic heterocycles. The van der Waals surface area contributed by atoms with Crippen LogP contribution in [-0.2, 0) is 32.5 Å². The van der Waals surface area contributed by atoms with Gasteiger partial charge in [-0.25, -0.2) is 0 Å². The Morgan fingerprint density at radius 3 is 1.07 bits per heavy atom. The molecular weight excluding hydrogens is 1290 g/mol. The molecule has 15 aromatic rings. The first-order valence-electron chi connectivity index (χ1n) is 41.9. The van der Waals surface area contributed by atoms with Crippen molar-refractivity contribution in [2.75, 3.05) is 9.80 Å². The molecule has 0 amide bonds. The van der Waals surface area contributed by atoms with Crippen LogP contribution < -0.4 is 26.2 Å². The summed E-state index contributed by atoms with van der Waals surface area (Å²) in [6.07, 6.45) is 0. The first-order valence-corrected chi connectivity index (χ1v) is 37.9. The van der Waals surface area contributed by atoms with E-state index in [-0.39, 0.29) is 61.0 Å². The van der Waals surface area contributed by atoms with Gasteiger partial charge in [0.15, 0.2) is 0 Å². The second kappa shape index (κ2) is 24.8. The zero-order valence-electron chi connectivity index (χ0n) is 73.1. The van der Waals surface area contributed by atoms with Gasteiger partial charge in [-0.2, -0.15) is 0 Å². The van der Waals surface area contributed by atoms with Crippen LogP contribution in [0.3, 0.4) is 0 Å². The lowest BCUT2D eigenvalue weighted by atomic mass is 9.33. The lowest BCUT2D eigenvalue weighted by Gasteiger charge is -2.47. The standard InChI is InChI=1S/C101H98BN5/c1-96(2,3)66-45-51-86-78(53-66)79-54-67(97(4,5)6)46-52-87(79)105(86)72-48-50-81-88(62-72)106(94-75(63-33-22-19-23-34-63)55-68(98(7,8)9)56-76(94)64-35-24-20-25-36-64)90-59-70(100(13,14)15)60-91-93(90)102(81)82-49-47-71(104-84-42-30-28-39-73(84)74-40-29-31-43-85(74)104)61-89(82)107(91)95-77(65-37-26-21-27-38-65)57-69(99(10,11)12)58-80(95)83-41-32-44-92(103-83)101(16,17)18/h19-62H,1-18H3/i28D,29D,30D,31D,39D,40D,42D,43D. The Bertz CT molecular complexity index is 6370. The average Bonchev–Trinajstić information content (AvgIpc) is 1.04. The second-order valence-electron chi connectivity index (χ2n) is 35.9. The van der Waals surface area contributed by atoms with Gasteiger partial charge in [0.2, 0.25) is 0 Å². The van der Waals surface area contributed by atoms with Gasteiger partial charge in [-0.15, -0.1) is 0 Å². The van der Waals surface area contributed by atoms with Crippen LogP contribution in [0, 0.1) is 0 Å². The number of rotatable bonds is 8. The summed E-state index contributed by atoms with van der Waals surface area (Å²) in [7, 11) is 0. The van der Waals surface area contributed by atoms with Gasteiger partial charge in [0.05, 0.1) is 50.1 Å².